The lowest BCUT2D eigenvalue weighted by atomic mass is 9.53. The van der Waals surface area contributed by atoms with Crippen LogP contribution in [0.15, 0.2) is 42.5 Å². The van der Waals surface area contributed by atoms with E-state index in [0.717, 1.165) is 35.6 Å². The van der Waals surface area contributed by atoms with Gasteiger partial charge in [0.05, 0.1) is 6.42 Å². The van der Waals surface area contributed by atoms with Crippen molar-refractivity contribution in [1.82, 2.24) is 10.6 Å². The van der Waals surface area contributed by atoms with Gasteiger partial charge in [0.25, 0.3) is 5.91 Å². The number of hydrogen-bond donors (Lipinski definition) is 2. The third kappa shape index (κ3) is 4.29. The van der Waals surface area contributed by atoms with Gasteiger partial charge in [0.1, 0.15) is 0 Å². The molecule has 6 nitrogen and oxygen atoms in total. The summed E-state index contributed by atoms with van der Waals surface area (Å²) in [7, 11) is 0. The average Bonchev–Trinajstić information content (AvgIpc) is 2.71. The number of nitrogens with one attached hydrogen (secondary N) is 2. The van der Waals surface area contributed by atoms with Crippen LogP contribution in [0.5, 0.6) is 0 Å². The largest absolute Gasteiger partial charge is 0.455 e. The quantitative estimate of drug-likeness (QED) is 0.722. The zero-order valence-electron chi connectivity index (χ0n) is 17.6. The van der Waals surface area contributed by atoms with Gasteiger partial charge >= 0.3 is 12.0 Å². The number of urea groups is 1. The van der Waals surface area contributed by atoms with Gasteiger partial charge in [0.2, 0.25) is 0 Å². The first-order valence-electron chi connectivity index (χ1n) is 11.2. The summed E-state index contributed by atoms with van der Waals surface area (Å²) in [5.74, 6) is 1.02. The number of benzene rings is 2. The van der Waals surface area contributed by atoms with Crippen LogP contribution in [-0.4, -0.2) is 30.1 Å². The number of ether oxygens (including phenoxy) is 1. The van der Waals surface area contributed by atoms with Gasteiger partial charge in [-0.1, -0.05) is 42.5 Å². The molecule has 2 aromatic carbocycles. The molecule has 162 valence electrons. The topological polar surface area (TPSA) is 84.5 Å². The van der Waals surface area contributed by atoms with E-state index in [2.05, 4.69) is 10.6 Å². The number of fused-ring (bicyclic) bond motifs is 1. The van der Waals surface area contributed by atoms with Gasteiger partial charge < -0.3 is 10.1 Å². The predicted octanol–water partition coefficient (Wildman–Crippen LogP) is 3.72. The minimum absolute atomic E-state index is 0.0775. The van der Waals surface area contributed by atoms with Gasteiger partial charge in [0.15, 0.2) is 6.61 Å². The molecule has 4 bridgehead atoms. The Morgan fingerprint density at radius 3 is 2.26 bits per heavy atom. The minimum Gasteiger partial charge on any atom is -0.455 e. The molecule has 6 heteroatoms. The zero-order valence-corrected chi connectivity index (χ0v) is 17.6. The fourth-order valence-corrected chi connectivity index (χ4v) is 6.50. The molecule has 0 aromatic heterocycles. The van der Waals surface area contributed by atoms with Crippen LogP contribution >= 0.6 is 0 Å². The Balaban J connectivity index is 1.11. The van der Waals surface area contributed by atoms with E-state index in [1.165, 1.54) is 19.3 Å². The highest BCUT2D eigenvalue weighted by Crippen LogP contribution is 2.55. The number of rotatable bonds is 5. The molecule has 0 radical (unpaired) electrons. The van der Waals surface area contributed by atoms with Gasteiger partial charge in [-0.05, 0) is 72.6 Å². The van der Waals surface area contributed by atoms with Crippen LogP contribution in [0.1, 0.15) is 44.1 Å². The van der Waals surface area contributed by atoms with E-state index < -0.39 is 24.5 Å². The highest BCUT2D eigenvalue weighted by molar-refractivity contribution is 5.96. The lowest BCUT2D eigenvalue weighted by Crippen LogP contribution is -2.62. The molecule has 4 saturated carbocycles. The van der Waals surface area contributed by atoms with E-state index >= 15 is 0 Å². The zero-order chi connectivity index (χ0) is 21.4. The molecule has 31 heavy (non-hydrogen) atoms. The van der Waals surface area contributed by atoms with Crippen LogP contribution < -0.4 is 10.6 Å². The van der Waals surface area contributed by atoms with Crippen molar-refractivity contribution >= 4 is 28.7 Å². The second-order valence-corrected chi connectivity index (χ2v) is 9.68. The van der Waals surface area contributed by atoms with Crippen molar-refractivity contribution in [1.29, 1.82) is 0 Å². The van der Waals surface area contributed by atoms with Gasteiger partial charge in [-0.15, -0.1) is 0 Å². The fraction of sp³-hybridized carbons (Fsp3) is 0.480. The number of hydrogen-bond acceptors (Lipinski definition) is 4. The summed E-state index contributed by atoms with van der Waals surface area (Å²) in [6, 6.07) is 13.1. The standard InChI is InChI=1S/C25H28N2O4/c28-22(15-31-23(29)11-20-6-3-5-19-4-1-2-7-21(19)20)26-24(30)27-25-12-16-8-17(13-25)10-18(9-16)14-25/h1-7,16-18H,8-15H2,(H2,26,27,28,30). The molecule has 0 atom stereocenters. The summed E-state index contributed by atoms with van der Waals surface area (Å²) in [5, 5.41) is 7.46. The SMILES string of the molecule is O=C(COC(=O)Cc1cccc2ccccc12)NC(=O)NC12CC3CC(CC(C3)C1)C2. The van der Waals surface area contributed by atoms with Crippen LogP contribution in [0.25, 0.3) is 10.8 Å². The number of carbonyl (C=O) groups excluding carboxylic acids is 3. The average molecular weight is 421 g/mol. The Kier molecular flexibility index (Phi) is 5.16. The number of amides is 3. The van der Waals surface area contributed by atoms with Crippen molar-refractivity contribution in [2.24, 2.45) is 17.8 Å². The summed E-state index contributed by atoms with van der Waals surface area (Å²) in [6.45, 7) is -0.460. The normalized spacial score (nSPS) is 28.3. The number of carbonyl (C=O) groups is 3. The lowest BCUT2D eigenvalue weighted by Gasteiger charge is -2.56. The molecular weight excluding hydrogens is 392 g/mol. The first kappa shape index (κ1) is 20.0. The van der Waals surface area contributed by atoms with E-state index in [0.29, 0.717) is 17.8 Å². The van der Waals surface area contributed by atoms with Crippen LogP contribution in [0.2, 0.25) is 0 Å². The van der Waals surface area contributed by atoms with E-state index in [1.54, 1.807) is 0 Å². The molecule has 3 amide bonds. The van der Waals surface area contributed by atoms with Crippen molar-refractivity contribution in [3.63, 3.8) is 0 Å². The first-order valence-corrected chi connectivity index (χ1v) is 11.2. The van der Waals surface area contributed by atoms with Gasteiger partial charge in [-0.2, -0.15) is 0 Å². The highest BCUT2D eigenvalue weighted by Gasteiger charge is 2.51. The van der Waals surface area contributed by atoms with Crippen LogP contribution in [0.4, 0.5) is 4.79 Å². The lowest BCUT2D eigenvalue weighted by molar-refractivity contribution is -0.147. The first-order chi connectivity index (χ1) is 15.0. The summed E-state index contributed by atoms with van der Waals surface area (Å²) in [4.78, 5) is 36.8. The maximum absolute atomic E-state index is 12.4. The Morgan fingerprint density at radius 1 is 0.903 bits per heavy atom. The molecule has 4 fully saturated rings. The number of esters is 1. The second kappa shape index (κ2) is 7.98. The Hall–Kier alpha value is -2.89. The minimum atomic E-state index is -0.603. The smallest absolute Gasteiger partial charge is 0.321 e. The van der Waals surface area contributed by atoms with E-state index in [-0.39, 0.29) is 12.0 Å². The fourth-order valence-electron chi connectivity index (χ4n) is 6.50. The van der Waals surface area contributed by atoms with Crippen molar-refractivity contribution in [2.75, 3.05) is 6.61 Å². The number of imide groups is 1. The van der Waals surface area contributed by atoms with Crippen LogP contribution in [-0.2, 0) is 20.7 Å². The molecule has 2 N–H and O–H groups in total. The Morgan fingerprint density at radius 2 is 1.55 bits per heavy atom. The highest BCUT2D eigenvalue weighted by atomic mass is 16.5. The van der Waals surface area contributed by atoms with Gasteiger partial charge in [-0.25, -0.2) is 4.79 Å². The predicted molar refractivity (Wildman–Crippen MR) is 116 cm³/mol. The molecule has 4 aliphatic carbocycles. The van der Waals surface area contributed by atoms with Crippen molar-refractivity contribution in [2.45, 2.75) is 50.5 Å². The second-order valence-electron chi connectivity index (χ2n) is 9.68. The molecular formula is C25H28N2O4. The maximum atomic E-state index is 12.4. The molecule has 0 saturated heterocycles. The van der Waals surface area contributed by atoms with E-state index in [9.17, 15) is 14.4 Å². The van der Waals surface area contributed by atoms with E-state index in [4.69, 9.17) is 4.74 Å². The van der Waals surface area contributed by atoms with Gasteiger partial charge in [0, 0.05) is 5.54 Å². The molecule has 0 aliphatic heterocycles. The third-order valence-electron chi connectivity index (χ3n) is 7.25. The molecule has 4 aliphatic rings. The maximum Gasteiger partial charge on any atom is 0.321 e. The van der Waals surface area contributed by atoms with Crippen LogP contribution in [0, 0.1) is 17.8 Å². The molecule has 0 heterocycles. The summed E-state index contributed by atoms with van der Waals surface area (Å²) < 4.78 is 5.12. The van der Waals surface area contributed by atoms with E-state index in [1.807, 2.05) is 42.5 Å². The van der Waals surface area contributed by atoms with Crippen LogP contribution in [0.3, 0.4) is 0 Å². The van der Waals surface area contributed by atoms with Crippen molar-refractivity contribution in [3.8, 4) is 0 Å². The summed E-state index contributed by atoms with van der Waals surface area (Å²) >= 11 is 0. The summed E-state index contributed by atoms with van der Waals surface area (Å²) in [5.41, 5.74) is 0.688. The Labute approximate surface area is 181 Å². The van der Waals surface area contributed by atoms with Crippen molar-refractivity contribution < 1.29 is 19.1 Å². The monoisotopic (exact) mass is 420 g/mol. The Bertz CT molecular complexity index is 991. The molecule has 0 unspecified atom stereocenters. The third-order valence-corrected chi connectivity index (χ3v) is 7.25. The molecule has 0 spiro atoms. The molecule has 2 aromatic rings. The molecule has 6 rings (SSSR count). The summed E-state index contributed by atoms with van der Waals surface area (Å²) in [6.07, 6.45) is 6.98. The van der Waals surface area contributed by atoms with Crippen molar-refractivity contribution in [3.05, 3.63) is 48.0 Å². The van der Waals surface area contributed by atoms with Gasteiger partial charge in [-0.3, -0.25) is 14.9 Å².